The van der Waals surface area contributed by atoms with Gasteiger partial charge in [0.2, 0.25) is 11.8 Å². The number of nitrogens with two attached hydrogens (primary N) is 3. The molecule has 0 unspecified atom stereocenters. The molecule has 0 radical (unpaired) electrons. The van der Waals surface area contributed by atoms with Crippen molar-refractivity contribution in [3.8, 4) is 0 Å². The van der Waals surface area contributed by atoms with Crippen LogP contribution < -0.4 is 27.8 Å². The second-order valence-corrected chi connectivity index (χ2v) is 5.18. The van der Waals surface area contributed by atoms with Gasteiger partial charge in [0, 0.05) is 6.54 Å². The second kappa shape index (κ2) is 11.6. The molecule has 0 rings (SSSR count). The van der Waals surface area contributed by atoms with E-state index in [4.69, 9.17) is 27.4 Å². The molecule has 0 spiro atoms. The number of carboxylic acids is 2. The van der Waals surface area contributed by atoms with Crippen LogP contribution in [-0.2, 0) is 19.2 Å². The first kappa shape index (κ1) is 22.1. The van der Waals surface area contributed by atoms with Gasteiger partial charge in [0.25, 0.3) is 0 Å². The minimum absolute atomic E-state index is 0.0179. The Bertz CT molecular complexity index is 519. The number of rotatable bonds is 12. The average Bonchev–Trinajstić information content (AvgIpc) is 2.50. The van der Waals surface area contributed by atoms with Gasteiger partial charge in [-0.05, 0) is 19.3 Å². The van der Waals surface area contributed by atoms with Crippen molar-refractivity contribution in [2.75, 3.05) is 13.1 Å². The molecule has 12 nitrogen and oxygen atoms in total. The van der Waals surface area contributed by atoms with Crippen LogP contribution in [-0.4, -0.2) is 65.1 Å². The van der Waals surface area contributed by atoms with Gasteiger partial charge < -0.3 is 38.0 Å². The van der Waals surface area contributed by atoms with E-state index in [0.717, 1.165) is 0 Å². The van der Waals surface area contributed by atoms with Crippen molar-refractivity contribution in [3.05, 3.63) is 0 Å². The van der Waals surface area contributed by atoms with E-state index in [1.165, 1.54) is 0 Å². The zero-order valence-corrected chi connectivity index (χ0v) is 13.6. The molecule has 25 heavy (non-hydrogen) atoms. The molecule has 0 bridgehead atoms. The van der Waals surface area contributed by atoms with Gasteiger partial charge in [0.15, 0.2) is 5.96 Å². The topological polar surface area (TPSA) is 223 Å². The van der Waals surface area contributed by atoms with Crippen molar-refractivity contribution >= 4 is 29.7 Å². The van der Waals surface area contributed by atoms with E-state index < -0.39 is 48.8 Å². The van der Waals surface area contributed by atoms with Gasteiger partial charge >= 0.3 is 11.9 Å². The summed E-state index contributed by atoms with van der Waals surface area (Å²) in [5.41, 5.74) is 16.0. The molecule has 0 aromatic rings. The third-order valence-corrected chi connectivity index (χ3v) is 2.99. The highest BCUT2D eigenvalue weighted by Gasteiger charge is 2.23. The Morgan fingerprint density at radius 1 is 1.08 bits per heavy atom. The van der Waals surface area contributed by atoms with E-state index >= 15 is 0 Å². The summed E-state index contributed by atoms with van der Waals surface area (Å²) < 4.78 is 0. The molecular weight excluding hydrogens is 336 g/mol. The van der Waals surface area contributed by atoms with E-state index in [-0.39, 0.29) is 5.96 Å². The number of carbonyl (C=O) groups excluding carboxylic acids is 2. The SMILES string of the molecule is NC(N)=NCCCC[C@H](N)C(=O)NCC(=O)N[C@@H](CC(=O)O)C(=O)O. The maximum absolute atomic E-state index is 11.7. The fourth-order valence-electron chi connectivity index (χ4n) is 1.73. The number of aliphatic imine (C=N–C) groups is 1. The molecular formula is C13H24N6O6. The number of carbonyl (C=O) groups is 4. The summed E-state index contributed by atoms with van der Waals surface area (Å²) in [5.74, 6) is -4.29. The summed E-state index contributed by atoms with van der Waals surface area (Å²) >= 11 is 0. The summed E-state index contributed by atoms with van der Waals surface area (Å²) in [4.78, 5) is 48.4. The molecule has 0 aromatic heterocycles. The van der Waals surface area contributed by atoms with Gasteiger partial charge in [-0.15, -0.1) is 0 Å². The first-order chi connectivity index (χ1) is 11.6. The minimum atomic E-state index is -1.58. The van der Waals surface area contributed by atoms with Gasteiger partial charge in [0.05, 0.1) is 19.0 Å². The number of hydrogen-bond acceptors (Lipinski definition) is 6. The fourth-order valence-corrected chi connectivity index (χ4v) is 1.73. The zero-order valence-electron chi connectivity index (χ0n) is 13.6. The highest BCUT2D eigenvalue weighted by molar-refractivity contribution is 5.90. The van der Waals surface area contributed by atoms with Crippen LogP contribution in [0.25, 0.3) is 0 Å². The van der Waals surface area contributed by atoms with E-state index in [1.54, 1.807) is 0 Å². The number of carboxylic acid groups (broad SMARTS) is 2. The van der Waals surface area contributed by atoms with Crippen molar-refractivity contribution in [3.63, 3.8) is 0 Å². The highest BCUT2D eigenvalue weighted by atomic mass is 16.4. The maximum Gasteiger partial charge on any atom is 0.326 e. The van der Waals surface area contributed by atoms with E-state index in [2.05, 4.69) is 10.3 Å². The van der Waals surface area contributed by atoms with Crippen LogP contribution in [0, 0.1) is 0 Å². The molecule has 2 atom stereocenters. The molecule has 2 amide bonds. The van der Waals surface area contributed by atoms with Gasteiger partial charge in [-0.1, -0.05) is 0 Å². The van der Waals surface area contributed by atoms with Crippen LogP contribution in [0.3, 0.4) is 0 Å². The fraction of sp³-hybridized carbons (Fsp3) is 0.615. The number of nitrogens with one attached hydrogen (secondary N) is 2. The second-order valence-electron chi connectivity index (χ2n) is 5.18. The Labute approximate surface area is 143 Å². The normalized spacial score (nSPS) is 12.5. The van der Waals surface area contributed by atoms with Gasteiger partial charge in [-0.25, -0.2) is 4.79 Å². The van der Waals surface area contributed by atoms with Crippen molar-refractivity contribution in [1.29, 1.82) is 0 Å². The van der Waals surface area contributed by atoms with Crippen molar-refractivity contribution in [2.45, 2.75) is 37.8 Å². The van der Waals surface area contributed by atoms with Crippen LogP contribution >= 0.6 is 0 Å². The smallest absolute Gasteiger partial charge is 0.326 e. The minimum Gasteiger partial charge on any atom is -0.481 e. The lowest BCUT2D eigenvalue weighted by molar-refractivity contribution is -0.147. The van der Waals surface area contributed by atoms with E-state index in [0.29, 0.717) is 25.8 Å². The molecule has 0 aliphatic heterocycles. The quantitative estimate of drug-likeness (QED) is 0.106. The Kier molecular flexibility index (Phi) is 10.3. The monoisotopic (exact) mass is 360 g/mol. The standard InChI is InChI=1S/C13H24N6O6/c14-7(3-1-2-4-17-13(15)16)11(23)18-6-9(20)19-8(12(24)25)5-10(21)22/h7-8H,1-6,14H2,(H,18,23)(H,19,20)(H,21,22)(H,24,25)(H4,15,16,17)/t7-,8-/m0/s1. The molecule has 0 aliphatic rings. The van der Waals surface area contributed by atoms with E-state index in [9.17, 15) is 19.2 Å². The van der Waals surface area contributed by atoms with Crippen LogP contribution in [0.1, 0.15) is 25.7 Å². The zero-order chi connectivity index (χ0) is 19.4. The molecule has 0 heterocycles. The van der Waals surface area contributed by atoms with Gasteiger partial charge in [-0.3, -0.25) is 19.4 Å². The number of aliphatic carboxylic acids is 2. The lowest BCUT2D eigenvalue weighted by atomic mass is 10.1. The number of amides is 2. The van der Waals surface area contributed by atoms with E-state index in [1.807, 2.05) is 5.32 Å². The number of guanidine groups is 1. The lowest BCUT2D eigenvalue weighted by Gasteiger charge is -2.14. The summed E-state index contributed by atoms with van der Waals surface area (Å²) in [5, 5.41) is 21.6. The predicted molar refractivity (Wildman–Crippen MR) is 87.3 cm³/mol. The number of nitrogens with zero attached hydrogens (tertiary/aromatic N) is 1. The van der Waals surface area contributed by atoms with Crippen molar-refractivity contribution < 1.29 is 29.4 Å². The Hall–Kier alpha value is -2.89. The summed E-state index contributed by atoms with van der Waals surface area (Å²) in [7, 11) is 0. The molecule has 142 valence electrons. The summed E-state index contributed by atoms with van der Waals surface area (Å²) in [6.45, 7) is -0.0941. The first-order valence-electron chi connectivity index (χ1n) is 7.46. The van der Waals surface area contributed by atoms with Crippen LogP contribution in [0.5, 0.6) is 0 Å². The number of unbranched alkanes of at least 4 members (excludes halogenated alkanes) is 1. The van der Waals surface area contributed by atoms with Crippen LogP contribution in [0.4, 0.5) is 0 Å². The molecule has 12 heteroatoms. The van der Waals surface area contributed by atoms with Gasteiger partial charge in [-0.2, -0.15) is 0 Å². The third-order valence-electron chi connectivity index (χ3n) is 2.99. The van der Waals surface area contributed by atoms with Crippen molar-refractivity contribution in [1.82, 2.24) is 10.6 Å². The largest absolute Gasteiger partial charge is 0.481 e. The molecule has 0 saturated heterocycles. The Morgan fingerprint density at radius 2 is 1.72 bits per heavy atom. The molecule has 0 aromatic carbocycles. The molecule has 0 fully saturated rings. The lowest BCUT2D eigenvalue weighted by Crippen LogP contribution is -2.49. The molecule has 0 aliphatic carbocycles. The Morgan fingerprint density at radius 3 is 2.24 bits per heavy atom. The Balaban J connectivity index is 4.13. The summed E-state index contributed by atoms with van der Waals surface area (Å²) in [6.07, 6.45) is 0.806. The summed E-state index contributed by atoms with van der Waals surface area (Å²) in [6, 6.07) is -2.42. The van der Waals surface area contributed by atoms with Crippen LogP contribution in [0.15, 0.2) is 4.99 Å². The predicted octanol–water partition coefficient (Wildman–Crippen LogP) is -3.08. The number of hydrogen-bond donors (Lipinski definition) is 7. The highest BCUT2D eigenvalue weighted by Crippen LogP contribution is 1.99. The average molecular weight is 360 g/mol. The third kappa shape index (κ3) is 11.3. The maximum atomic E-state index is 11.7. The van der Waals surface area contributed by atoms with Gasteiger partial charge in [0.1, 0.15) is 6.04 Å². The molecule has 0 saturated carbocycles. The first-order valence-corrected chi connectivity index (χ1v) is 7.46. The van der Waals surface area contributed by atoms with Crippen molar-refractivity contribution in [2.24, 2.45) is 22.2 Å². The molecule has 10 N–H and O–H groups in total. The van der Waals surface area contributed by atoms with Crippen LogP contribution in [0.2, 0.25) is 0 Å².